The third kappa shape index (κ3) is 4.43. The van der Waals surface area contributed by atoms with Crippen LogP contribution in [0.1, 0.15) is 25.1 Å². The van der Waals surface area contributed by atoms with Crippen molar-refractivity contribution in [3.63, 3.8) is 0 Å². The number of nitrogens with one attached hydrogen (secondary N) is 2. The molecule has 152 valence electrons. The van der Waals surface area contributed by atoms with Crippen LogP contribution >= 0.6 is 11.3 Å². The smallest absolute Gasteiger partial charge is 0.325 e. The second-order valence-electron chi connectivity index (χ2n) is 6.49. The number of thiazole rings is 1. The zero-order valence-electron chi connectivity index (χ0n) is 15.9. The topological polar surface area (TPSA) is 118 Å². The molecule has 3 rings (SSSR count). The van der Waals surface area contributed by atoms with Crippen molar-refractivity contribution in [2.45, 2.75) is 25.8 Å². The maximum Gasteiger partial charge on any atom is 0.325 e. The van der Waals surface area contributed by atoms with E-state index >= 15 is 0 Å². The average molecular weight is 416 g/mol. The first-order chi connectivity index (χ1) is 13.8. The molecule has 2 aromatic rings. The van der Waals surface area contributed by atoms with Crippen LogP contribution in [0.15, 0.2) is 35.7 Å². The van der Waals surface area contributed by atoms with E-state index in [1.165, 1.54) is 0 Å². The van der Waals surface area contributed by atoms with E-state index in [0.717, 1.165) is 16.2 Å². The summed E-state index contributed by atoms with van der Waals surface area (Å²) in [6.45, 7) is 3.15. The summed E-state index contributed by atoms with van der Waals surface area (Å²) in [6, 6.07) is 8.19. The Bertz CT molecular complexity index is 945. The lowest BCUT2D eigenvalue weighted by Gasteiger charge is -2.21. The average Bonchev–Trinajstić information content (AvgIpc) is 3.20. The first-order valence-corrected chi connectivity index (χ1v) is 9.81. The lowest BCUT2D eigenvalue weighted by atomic mass is 9.92. The number of benzene rings is 1. The van der Waals surface area contributed by atoms with Crippen LogP contribution in [-0.2, 0) is 31.1 Å². The number of carbonyl (C=O) groups is 4. The first-order valence-electron chi connectivity index (χ1n) is 8.93. The van der Waals surface area contributed by atoms with Gasteiger partial charge in [-0.2, -0.15) is 0 Å². The fraction of sp³-hybridized carbons (Fsp3) is 0.316. The van der Waals surface area contributed by atoms with Gasteiger partial charge in [-0.1, -0.05) is 30.3 Å². The number of nitrogens with zero attached hydrogens (tertiary/aromatic N) is 2. The molecule has 10 heteroatoms. The van der Waals surface area contributed by atoms with Gasteiger partial charge in [0.2, 0.25) is 5.91 Å². The summed E-state index contributed by atoms with van der Waals surface area (Å²) < 4.78 is 4.85. The number of esters is 1. The summed E-state index contributed by atoms with van der Waals surface area (Å²) >= 11 is 1.14. The van der Waals surface area contributed by atoms with Gasteiger partial charge in [0.1, 0.15) is 12.1 Å². The molecule has 2 N–H and O–H groups in total. The minimum Gasteiger partial charge on any atom is -0.466 e. The third-order valence-electron chi connectivity index (χ3n) is 4.36. The van der Waals surface area contributed by atoms with Gasteiger partial charge in [-0.3, -0.25) is 19.3 Å². The molecule has 0 aliphatic carbocycles. The van der Waals surface area contributed by atoms with Crippen molar-refractivity contribution in [1.29, 1.82) is 0 Å². The van der Waals surface area contributed by atoms with E-state index < -0.39 is 35.9 Å². The highest BCUT2D eigenvalue weighted by atomic mass is 32.1. The Morgan fingerprint density at radius 3 is 2.69 bits per heavy atom. The molecule has 1 aliphatic rings. The van der Waals surface area contributed by atoms with Crippen molar-refractivity contribution in [2.24, 2.45) is 0 Å². The molecule has 9 nitrogen and oxygen atoms in total. The van der Waals surface area contributed by atoms with Crippen molar-refractivity contribution < 1.29 is 23.9 Å². The molecule has 1 atom stereocenters. The van der Waals surface area contributed by atoms with E-state index in [9.17, 15) is 19.2 Å². The minimum absolute atomic E-state index is 0.00264. The summed E-state index contributed by atoms with van der Waals surface area (Å²) in [5.41, 5.74) is -0.132. The predicted molar refractivity (Wildman–Crippen MR) is 105 cm³/mol. The van der Waals surface area contributed by atoms with Crippen molar-refractivity contribution in [1.82, 2.24) is 15.2 Å². The Balaban J connectivity index is 1.62. The van der Waals surface area contributed by atoms with Crippen LogP contribution in [0.25, 0.3) is 0 Å². The Morgan fingerprint density at radius 1 is 1.28 bits per heavy atom. The molecule has 1 aromatic carbocycles. The summed E-state index contributed by atoms with van der Waals surface area (Å²) in [7, 11) is 0. The van der Waals surface area contributed by atoms with Crippen molar-refractivity contribution >= 4 is 40.3 Å². The lowest BCUT2D eigenvalue weighted by Crippen LogP contribution is -2.42. The minimum atomic E-state index is -1.23. The molecule has 1 aromatic heterocycles. The molecular formula is C19H20N4O5S. The number of anilines is 1. The normalized spacial score (nSPS) is 18.5. The number of ether oxygens (including phenoxy) is 1. The quantitative estimate of drug-likeness (QED) is 0.524. The van der Waals surface area contributed by atoms with Crippen LogP contribution in [0.4, 0.5) is 9.93 Å². The maximum atomic E-state index is 12.8. The highest BCUT2D eigenvalue weighted by Crippen LogP contribution is 2.28. The Morgan fingerprint density at radius 2 is 2.00 bits per heavy atom. The number of rotatable bonds is 7. The predicted octanol–water partition coefficient (Wildman–Crippen LogP) is 1.65. The van der Waals surface area contributed by atoms with Gasteiger partial charge in [-0.05, 0) is 19.4 Å². The molecule has 0 spiro atoms. The van der Waals surface area contributed by atoms with E-state index in [4.69, 9.17) is 4.74 Å². The Labute approximate surface area is 171 Å². The molecule has 1 aliphatic heterocycles. The second-order valence-corrected chi connectivity index (χ2v) is 7.34. The Kier molecular flexibility index (Phi) is 5.92. The van der Waals surface area contributed by atoms with Crippen LogP contribution < -0.4 is 10.6 Å². The van der Waals surface area contributed by atoms with E-state index in [-0.39, 0.29) is 18.2 Å². The standard InChI is InChI=1S/C19H20N4O5S/c1-3-28-15(25)9-13-11-29-17(20-13)21-14(24)10-23-16(26)19(2,22-18(23)27)12-7-5-4-6-8-12/h4-8,11H,3,9-10H2,1-2H3,(H,22,27)(H,20,21,24). The number of aromatic nitrogens is 1. The number of hydrogen-bond acceptors (Lipinski definition) is 7. The van der Waals surface area contributed by atoms with Gasteiger partial charge in [0, 0.05) is 5.38 Å². The molecule has 4 amide bonds. The van der Waals surface area contributed by atoms with Gasteiger partial charge >= 0.3 is 12.0 Å². The number of amides is 4. The van der Waals surface area contributed by atoms with Crippen LogP contribution in [0.2, 0.25) is 0 Å². The molecular weight excluding hydrogens is 396 g/mol. The fourth-order valence-electron chi connectivity index (χ4n) is 2.92. The lowest BCUT2D eigenvalue weighted by molar-refractivity contribution is -0.142. The van der Waals surface area contributed by atoms with E-state index in [1.54, 1.807) is 43.5 Å². The zero-order valence-corrected chi connectivity index (χ0v) is 16.7. The Hall–Kier alpha value is -3.27. The number of urea groups is 1. The van der Waals surface area contributed by atoms with Crippen LogP contribution in [0.3, 0.4) is 0 Å². The first kappa shape index (κ1) is 20.5. The molecule has 0 radical (unpaired) electrons. The van der Waals surface area contributed by atoms with Gasteiger partial charge in [0.05, 0.1) is 18.7 Å². The molecule has 29 heavy (non-hydrogen) atoms. The third-order valence-corrected chi connectivity index (χ3v) is 5.16. The molecule has 1 unspecified atom stereocenters. The summed E-state index contributed by atoms with van der Waals surface area (Å²) in [6.07, 6.45) is 0.00264. The summed E-state index contributed by atoms with van der Waals surface area (Å²) in [4.78, 5) is 53.9. The van der Waals surface area contributed by atoms with Crippen LogP contribution in [-0.4, -0.2) is 46.9 Å². The zero-order chi connectivity index (χ0) is 21.0. The maximum absolute atomic E-state index is 12.8. The van der Waals surface area contributed by atoms with Crippen LogP contribution in [0, 0.1) is 0 Å². The molecule has 2 heterocycles. The SMILES string of the molecule is CCOC(=O)Cc1csc(NC(=O)CN2C(=O)NC(C)(c3ccccc3)C2=O)n1. The molecule has 1 fully saturated rings. The van der Waals surface area contributed by atoms with E-state index in [1.807, 2.05) is 6.07 Å². The number of carbonyl (C=O) groups excluding carboxylic acids is 4. The highest BCUT2D eigenvalue weighted by Gasteiger charge is 2.49. The fourth-order valence-corrected chi connectivity index (χ4v) is 3.64. The van der Waals surface area contributed by atoms with Gasteiger partial charge in [0.15, 0.2) is 5.13 Å². The van der Waals surface area contributed by atoms with Crippen molar-refractivity contribution in [3.8, 4) is 0 Å². The summed E-state index contributed by atoms with van der Waals surface area (Å²) in [5.74, 6) is -1.48. The van der Waals surface area contributed by atoms with Crippen LogP contribution in [0.5, 0.6) is 0 Å². The highest BCUT2D eigenvalue weighted by molar-refractivity contribution is 7.13. The van der Waals surface area contributed by atoms with Gasteiger partial charge in [-0.25, -0.2) is 9.78 Å². The second kappa shape index (κ2) is 8.39. The van der Waals surface area contributed by atoms with Gasteiger partial charge in [0.25, 0.3) is 5.91 Å². The van der Waals surface area contributed by atoms with E-state index in [2.05, 4.69) is 15.6 Å². The van der Waals surface area contributed by atoms with Gasteiger partial charge in [-0.15, -0.1) is 11.3 Å². The monoisotopic (exact) mass is 416 g/mol. The van der Waals surface area contributed by atoms with Crippen molar-refractivity contribution in [2.75, 3.05) is 18.5 Å². The number of hydrogen-bond donors (Lipinski definition) is 2. The number of imide groups is 1. The molecule has 0 bridgehead atoms. The van der Waals surface area contributed by atoms with Gasteiger partial charge < -0.3 is 15.4 Å². The molecule has 0 saturated carbocycles. The summed E-state index contributed by atoms with van der Waals surface area (Å²) in [5, 5.41) is 7.09. The largest absolute Gasteiger partial charge is 0.466 e. The molecule has 1 saturated heterocycles. The van der Waals surface area contributed by atoms with E-state index in [0.29, 0.717) is 11.3 Å². The van der Waals surface area contributed by atoms with Crippen molar-refractivity contribution in [3.05, 3.63) is 47.0 Å².